The normalized spacial score (nSPS) is 11.7. The molecule has 0 saturated carbocycles. The Morgan fingerprint density at radius 3 is 2.50 bits per heavy atom. The molecule has 0 amide bonds. The first-order chi connectivity index (χ1) is 9.47. The van der Waals surface area contributed by atoms with Crippen LogP contribution in [0.2, 0.25) is 0 Å². The van der Waals surface area contributed by atoms with Gasteiger partial charge >= 0.3 is 0 Å². The lowest BCUT2D eigenvalue weighted by Crippen LogP contribution is -2.29. The van der Waals surface area contributed by atoms with Crippen LogP contribution in [0.25, 0.3) is 0 Å². The molecular formula is C13H22N2O4S. The summed E-state index contributed by atoms with van der Waals surface area (Å²) in [6.07, 6.45) is 0.741. The molecule has 0 aromatic heterocycles. The fourth-order valence-corrected chi connectivity index (χ4v) is 3.10. The Morgan fingerprint density at radius 1 is 1.25 bits per heavy atom. The second kappa shape index (κ2) is 7.47. The number of rotatable bonds is 8. The summed E-state index contributed by atoms with van der Waals surface area (Å²) in [5.74, 6) is 0.837. The smallest absolute Gasteiger partial charge is 0.246 e. The summed E-state index contributed by atoms with van der Waals surface area (Å²) >= 11 is 0. The second-order valence-electron chi connectivity index (χ2n) is 4.30. The number of nitrogens with one attached hydrogen (secondary N) is 1. The minimum atomic E-state index is -3.56. The molecule has 1 aromatic rings. The van der Waals surface area contributed by atoms with Crippen molar-refractivity contribution in [2.75, 3.05) is 41.4 Å². The zero-order chi connectivity index (χ0) is 15.2. The zero-order valence-corrected chi connectivity index (χ0v) is 13.2. The molecule has 1 rings (SSSR count). The van der Waals surface area contributed by atoms with Crippen LogP contribution in [-0.2, 0) is 10.0 Å². The number of hydrogen-bond acceptors (Lipinski definition) is 5. The monoisotopic (exact) mass is 302 g/mol. The molecule has 0 unspecified atom stereocenters. The van der Waals surface area contributed by atoms with E-state index >= 15 is 0 Å². The molecule has 7 heteroatoms. The summed E-state index contributed by atoms with van der Waals surface area (Å²) < 4.78 is 36.5. The molecule has 20 heavy (non-hydrogen) atoms. The molecule has 0 aliphatic carbocycles. The standard InChI is InChI=1S/C13H22N2O4S/c1-14-8-5-9-15(2)20(16,17)13-7-6-11(18-3)10-12(13)19-4/h6-7,10,14H,5,8-9H2,1-4H3. The van der Waals surface area contributed by atoms with E-state index in [0.29, 0.717) is 12.3 Å². The average molecular weight is 302 g/mol. The summed E-state index contributed by atoms with van der Waals surface area (Å²) in [5, 5.41) is 2.99. The molecule has 114 valence electrons. The van der Waals surface area contributed by atoms with Gasteiger partial charge in [-0.25, -0.2) is 12.7 Å². The summed E-state index contributed by atoms with van der Waals surface area (Å²) in [6.45, 7) is 1.21. The van der Waals surface area contributed by atoms with Crippen LogP contribution in [0.3, 0.4) is 0 Å². The first-order valence-electron chi connectivity index (χ1n) is 6.30. The van der Waals surface area contributed by atoms with Gasteiger partial charge in [-0.1, -0.05) is 0 Å². The lowest BCUT2D eigenvalue weighted by molar-refractivity contribution is 0.383. The number of ether oxygens (including phenoxy) is 2. The van der Waals surface area contributed by atoms with Gasteiger partial charge in [0.15, 0.2) is 0 Å². The van der Waals surface area contributed by atoms with Crippen LogP contribution < -0.4 is 14.8 Å². The Labute approximate surface area is 120 Å². The van der Waals surface area contributed by atoms with Crippen molar-refractivity contribution in [3.8, 4) is 11.5 Å². The Bertz CT molecular complexity index is 531. The van der Waals surface area contributed by atoms with E-state index in [4.69, 9.17) is 9.47 Å². The van der Waals surface area contributed by atoms with Crippen LogP contribution in [0.15, 0.2) is 23.1 Å². The van der Waals surface area contributed by atoms with Gasteiger partial charge in [-0.05, 0) is 32.1 Å². The first kappa shape index (κ1) is 16.7. The predicted molar refractivity (Wildman–Crippen MR) is 77.9 cm³/mol. The highest BCUT2D eigenvalue weighted by atomic mass is 32.2. The van der Waals surface area contributed by atoms with Crippen molar-refractivity contribution < 1.29 is 17.9 Å². The summed E-state index contributed by atoms with van der Waals surface area (Å²) in [5.41, 5.74) is 0. The van der Waals surface area contributed by atoms with Crippen molar-refractivity contribution in [3.05, 3.63) is 18.2 Å². The lowest BCUT2D eigenvalue weighted by Gasteiger charge is -2.19. The quantitative estimate of drug-likeness (QED) is 0.724. The molecule has 0 aliphatic heterocycles. The summed E-state index contributed by atoms with van der Waals surface area (Å²) in [4.78, 5) is 0.146. The molecule has 0 atom stereocenters. The molecule has 0 aliphatic rings. The van der Waals surface area contributed by atoms with E-state index < -0.39 is 10.0 Å². The maximum atomic E-state index is 12.5. The van der Waals surface area contributed by atoms with Crippen LogP contribution in [0.4, 0.5) is 0 Å². The van der Waals surface area contributed by atoms with Crippen molar-refractivity contribution >= 4 is 10.0 Å². The van der Waals surface area contributed by atoms with Crippen molar-refractivity contribution in [2.24, 2.45) is 0 Å². The third kappa shape index (κ3) is 3.84. The van der Waals surface area contributed by atoms with Crippen LogP contribution in [0.5, 0.6) is 11.5 Å². The van der Waals surface area contributed by atoms with Crippen molar-refractivity contribution in [1.82, 2.24) is 9.62 Å². The molecule has 1 aromatic carbocycles. The maximum Gasteiger partial charge on any atom is 0.246 e. The fraction of sp³-hybridized carbons (Fsp3) is 0.538. The molecule has 0 saturated heterocycles. The maximum absolute atomic E-state index is 12.5. The zero-order valence-electron chi connectivity index (χ0n) is 12.3. The second-order valence-corrected chi connectivity index (χ2v) is 6.31. The van der Waals surface area contributed by atoms with E-state index in [1.165, 1.54) is 24.6 Å². The predicted octanol–water partition coefficient (Wildman–Crippen LogP) is 0.934. The Balaban J connectivity index is 3.02. The van der Waals surface area contributed by atoms with E-state index in [0.717, 1.165) is 13.0 Å². The Hall–Kier alpha value is -1.31. The minimum absolute atomic E-state index is 0.146. The van der Waals surface area contributed by atoms with Gasteiger partial charge in [0.1, 0.15) is 16.4 Å². The molecule has 6 nitrogen and oxygen atoms in total. The highest BCUT2D eigenvalue weighted by molar-refractivity contribution is 7.89. The van der Waals surface area contributed by atoms with Crippen LogP contribution in [0, 0.1) is 0 Å². The van der Waals surface area contributed by atoms with Crippen molar-refractivity contribution in [1.29, 1.82) is 0 Å². The molecule has 1 N–H and O–H groups in total. The fourth-order valence-electron chi connectivity index (χ4n) is 1.75. The minimum Gasteiger partial charge on any atom is -0.497 e. The highest BCUT2D eigenvalue weighted by Crippen LogP contribution is 2.30. The van der Waals surface area contributed by atoms with Crippen LogP contribution in [0.1, 0.15) is 6.42 Å². The number of benzene rings is 1. The summed E-state index contributed by atoms with van der Waals surface area (Å²) in [6, 6.07) is 4.67. The van der Waals surface area contributed by atoms with E-state index in [9.17, 15) is 8.42 Å². The Morgan fingerprint density at radius 2 is 1.95 bits per heavy atom. The van der Waals surface area contributed by atoms with Gasteiger partial charge < -0.3 is 14.8 Å². The Kier molecular flexibility index (Phi) is 6.25. The van der Waals surface area contributed by atoms with Crippen LogP contribution in [-0.4, -0.2) is 54.1 Å². The highest BCUT2D eigenvalue weighted by Gasteiger charge is 2.24. The third-order valence-electron chi connectivity index (χ3n) is 2.96. The molecule has 0 heterocycles. The van der Waals surface area contributed by atoms with Gasteiger partial charge in [0.25, 0.3) is 0 Å². The van der Waals surface area contributed by atoms with Crippen LogP contribution >= 0.6 is 0 Å². The molecule has 0 radical (unpaired) electrons. The van der Waals surface area contributed by atoms with Gasteiger partial charge in [0.05, 0.1) is 14.2 Å². The van der Waals surface area contributed by atoms with Crippen molar-refractivity contribution in [3.63, 3.8) is 0 Å². The number of nitrogens with zero attached hydrogens (tertiary/aromatic N) is 1. The lowest BCUT2D eigenvalue weighted by atomic mass is 10.3. The molecule has 0 fully saturated rings. The van der Waals surface area contributed by atoms with Gasteiger partial charge in [-0.15, -0.1) is 0 Å². The largest absolute Gasteiger partial charge is 0.497 e. The van der Waals surface area contributed by atoms with Gasteiger partial charge in [0, 0.05) is 19.7 Å². The van der Waals surface area contributed by atoms with Gasteiger partial charge in [-0.2, -0.15) is 0 Å². The van der Waals surface area contributed by atoms with E-state index in [-0.39, 0.29) is 10.6 Å². The van der Waals surface area contributed by atoms with Crippen molar-refractivity contribution in [2.45, 2.75) is 11.3 Å². The third-order valence-corrected chi connectivity index (χ3v) is 4.86. The topological polar surface area (TPSA) is 67.9 Å². The van der Waals surface area contributed by atoms with E-state index in [1.807, 2.05) is 7.05 Å². The first-order valence-corrected chi connectivity index (χ1v) is 7.74. The summed E-state index contributed by atoms with van der Waals surface area (Å²) in [7, 11) is 2.80. The molecule has 0 spiro atoms. The number of hydrogen-bond donors (Lipinski definition) is 1. The number of sulfonamides is 1. The van der Waals surface area contributed by atoms with Gasteiger partial charge in [0.2, 0.25) is 10.0 Å². The van der Waals surface area contributed by atoms with E-state index in [2.05, 4.69) is 5.32 Å². The SMILES string of the molecule is CNCCCN(C)S(=O)(=O)c1ccc(OC)cc1OC. The number of methoxy groups -OCH3 is 2. The molecule has 0 bridgehead atoms. The van der Waals surface area contributed by atoms with E-state index in [1.54, 1.807) is 19.2 Å². The molecular weight excluding hydrogens is 280 g/mol. The average Bonchev–Trinajstić information content (AvgIpc) is 2.46. The van der Waals surface area contributed by atoms with Gasteiger partial charge in [-0.3, -0.25) is 0 Å².